The second-order valence-electron chi connectivity index (χ2n) is 4.72. The van der Waals surface area contributed by atoms with Crippen molar-refractivity contribution < 1.29 is 18.7 Å². The Kier molecular flexibility index (Phi) is 6.74. The number of anilines is 1. The molecule has 0 radical (unpaired) electrons. The van der Waals surface area contributed by atoms with Gasteiger partial charge >= 0.3 is 5.97 Å². The molecule has 5 nitrogen and oxygen atoms in total. The molecule has 0 atom stereocenters. The molecule has 1 aromatic heterocycles. The molecule has 0 aliphatic carbocycles. The number of hydrogen-bond acceptors (Lipinski definition) is 5. The summed E-state index contributed by atoms with van der Waals surface area (Å²) in [6, 6.07) is 12.0. The fourth-order valence-electron chi connectivity index (χ4n) is 1.90. The molecular weight excluding hydrogens is 331 g/mol. The Morgan fingerprint density at radius 2 is 1.96 bits per heavy atom. The van der Waals surface area contributed by atoms with Gasteiger partial charge in [0.1, 0.15) is 18.2 Å². The first-order valence-corrected chi connectivity index (χ1v) is 8.34. The highest BCUT2D eigenvalue weighted by Crippen LogP contribution is 2.19. The smallest absolute Gasteiger partial charge is 0.326 e. The van der Waals surface area contributed by atoms with E-state index in [0.29, 0.717) is 0 Å². The monoisotopic (exact) mass is 348 g/mol. The maximum atomic E-state index is 13.0. The number of hydrogen-bond donors (Lipinski definition) is 0. The number of thioether (sulfide) groups is 1. The van der Waals surface area contributed by atoms with Gasteiger partial charge < -0.3 is 4.74 Å². The summed E-state index contributed by atoms with van der Waals surface area (Å²) in [7, 11) is 0. The van der Waals surface area contributed by atoms with E-state index in [0.717, 1.165) is 11.1 Å². The normalized spacial score (nSPS) is 10.2. The van der Waals surface area contributed by atoms with Crippen LogP contribution in [-0.2, 0) is 14.3 Å². The maximum absolute atomic E-state index is 13.0. The molecule has 7 heteroatoms. The Labute approximate surface area is 143 Å². The van der Waals surface area contributed by atoms with Crippen LogP contribution >= 0.6 is 11.8 Å². The van der Waals surface area contributed by atoms with Crippen LogP contribution in [0.5, 0.6) is 0 Å². The molecule has 2 aromatic rings. The molecule has 24 heavy (non-hydrogen) atoms. The summed E-state index contributed by atoms with van der Waals surface area (Å²) in [6.07, 6.45) is 1.01. The number of aromatic nitrogens is 1. The van der Waals surface area contributed by atoms with Gasteiger partial charge in [0.25, 0.3) is 0 Å². The first kappa shape index (κ1) is 17.9. The number of benzene rings is 1. The zero-order valence-corrected chi connectivity index (χ0v) is 14.0. The summed E-state index contributed by atoms with van der Waals surface area (Å²) < 4.78 is 17.9. The van der Waals surface area contributed by atoms with Crippen LogP contribution in [-0.4, -0.2) is 35.8 Å². The van der Waals surface area contributed by atoms with Gasteiger partial charge in [-0.15, -0.1) is 11.8 Å². The van der Waals surface area contributed by atoms with Crippen LogP contribution in [0.2, 0.25) is 0 Å². The van der Waals surface area contributed by atoms with Crippen molar-refractivity contribution in [1.82, 2.24) is 4.98 Å². The molecule has 0 spiro atoms. The topological polar surface area (TPSA) is 59.5 Å². The van der Waals surface area contributed by atoms with Crippen LogP contribution < -0.4 is 4.90 Å². The summed E-state index contributed by atoms with van der Waals surface area (Å²) in [4.78, 5) is 30.3. The lowest BCUT2D eigenvalue weighted by Gasteiger charge is -2.20. The molecule has 0 fully saturated rings. The average molecular weight is 348 g/mol. The molecule has 0 saturated heterocycles. The van der Waals surface area contributed by atoms with E-state index in [1.807, 2.05) is 30.3 Å². The average Bonchev–Trinajstić information content (AvgIpc) is 2.60. The number of esters is 1. The molecule has 0 unspecified atom stereocenters. The van der Waals surface area contributed by atoms with Gasteiger partial charge in [-0.3, -0.25) is 14.5 Å². The molecule has 0 bridgehead atoms. The van der Waals surface area contributed by atoms with Crippen molar-refractivity contribution in [3.05, 3.63) is 54.5 Å². The number of nitrogens with zero attached hydrogens (tertiary/aromatic N) is 2. The minimum Gasteiger partial charge on any atom is -0.465 e. The number of carbonyl (C=O) groups excluding carboxylic acids is 2. The first-order chi connectivity index (χ1) is 11.6. The Hall–Kier alpha value is -2.41. The Balaban J connectivity index is 2.10. The predicted molar refractivity (Wildman–Crippen MR) is 90.3 cm³/mol. The van der Waals surface area contributed by atoms with E-state index in [1.165, 1.54) is 28.8 Å². The lowest BCUT2D eigenvalue weighted by molar-refractivity contribution is -0.142. The third kappa shape index (κ3) is 5.34. The van der Waals surface area contributed by atoms with Gasteiger partial charge in [-0.25, -0.2) is 9.37 Å². The summed E-state index contributed by atoms with van der Waals surface area (Å²) in [6.45, 7) is 1.64. The highest BCUT2D eigenvalue weighted by molar-refractivity contribution is 8.00. The number of rotatable bonds is 7. The SMILES string of the molecule is CCOC(=O)CN(C(=O)CSc1ccccc1)c1ccc(F)cn1. The minimum absolute atomic E-state index is 0.127. The molecule has 1 heterocycles. The van der Waals surface area contributed by atoms with Crippen molar-refractivity contribution in [2.75, 3.05) is 23.8 Å². The van der Waals surface area contributed by atoms with Crippen LogP contribution in [0.1, 0.15) is 6.92 Å². The third-order valence-electron chi connectivity index (χ3n) is 2.99. The highest BCUT2D eigenvalue weighted by Gasteiger charge is 2.21. The lowest BCUT2D eigenvalue weighted by Crippen LogP contribution is -2.38. The molecule has 1 aromatic carbocycles. The summed E-state index contributed by atoms with van der Waals surface area (Å²) >= 11 is 1.35. The molecule has 0 aliphatic rings. The largest absolute Gasteiger partial charge is 0.465 e. The van der Waals surface area contributed by atoms with E-state index in [-0.39, 0.29) is 30.6 Å². The minimum atomic E-state index is -0.540. The quantitative estimate of drug-likeness (QED) is 0.569. The van der Waals surface area contributed by atoms with Gasteiger partial charge in [0, 0.05) is 4.90 Å². The molecule has 2 rings (SSSR count). The number of carbonyl (C=O) groups is 2. The van der Waals surface area contributed by atoms with Crippen LogP contribution in [0.3, 0.4) is 0 Å². The predicted octanol–water partition coefficient (Wildman–Crippen LogP) is 2.91. The molecule has 0 saturated carbocycles. The standard InChI is InChI=1S/C17H17FN2O3S/c1-2-23-17(22)11-20(15-9-8-13(18)10-19-15)16(21)12-24-14-6-4-3-5-7-14/h3-10H,2,11-12H2,1H3. The fraction of sp³-hybridized carbons (Fsp3) is 0.235. The van der Waals surface area contributed by atoms with E-state index in [4.69, 9.17) is 4.74 Å². The van der Waals surface area contributed by atoms with E-state index in [9.17, 15) is 14.0 Å². The second kappa shape index (κ2) is 9.02. The Morgan fingerprint density at radius 3 is 2.58 bits per heavy atom. The van der Waals surface area contributed by atoms with Crippen LogP contribution in [0.15, 0.2) is 53.6 Å². The van der Waals surface area contributed by atoms with Crippen molar-refractivity contribution in [2.24, 2.45) is 0 Å². The van der Waals surface area contributed by atoms with E-state index < -0.39 is 11.8 Å². The van der Waals surface area contributed by atoms with E-state index in [2.05, 4.69) is 4.98 Å². The zero-order valence-electron chi connectivity index (χ0n) is 13.1. The maximum Gasteiger partial charge on any atom is 0.326 e. The van der Waals surface area contributed by atoms with Gasteiger partial charge in [-0.05, 0) is 31.2 Å². The summed E-state index contributed by atoms with van der Waals surface area (Å²) in [5, 5.41) is 0. The van der Waals surface area contributed by atoms with Crippen LogP contribution in [0, 0.1) is 5.82 Å². The third-order valence-corrected chi connectivity index (χ3v) is 3.98. The molecule has 0 N–H and O–H groups in total. The number of halogens is 1. The second-order valence-corrected chi connectivity index (χ2v) is 5.77. The van der Waals surface area contributed by atoms with E-state index in [1.54, 1.807) is 6.92 Å². The van der Waals surface area contributed by atoms with Gasteiger partial charge in [0.05, 0.1) is 18.6 Å². The zero-order chi connectivity index (χ0) is 17.4. The van der Waals surface area contributed by atoms with Crippen molar-refractivity contribution in [3.8, 4) is 0 Å². The first-order valence-electron chi connectivity index (χ1n) is 7.35. The fourth-order valence-corrected chi connectivity index (χ4v) is 2.70. The molecule has 0 aliphatic heterocycles. The van der Waals surface area contributed by atoms with Gasteiger partial charge in [0.15, 0.2) is 0 Å². The molecule has 1 amide bonds. The van der Waals surface area contributed by atoms with Crippen LogP contribution in [0.4, 0.5) is 10.2 Å². The number of ether oxygens (including phenoxy) is 1. The number of amides is 1. The van der Waals surface area contributed by atoms with Gasteiger partial charge in [-0.2, -0.15) is 0 Å². The summed E-state index contributed by atoms with van der Waals surface area (Å²) in [5.41, 5.74) is 0. The number of pyridine rings is 1. The van der Waals surface area contributed by atoms with Crippen LogP contribution in [0.25, 0.3) is 0 Å². The Morgan fingerprint density at radius 1 is 1.21 bits per heavy atom. The van der Waals surface area contributed by atoms with Gasteiger partial charge in [0.2, 0.25) is 5.91 Å². The van der Waals surface area contributed by atoms with Crippen molar-refractivity contribution >= 4 is 29.5 Å². The highest BCUT2D eigenvalue weighted by atomic mass is 32.2. The summed E-state index contributed by atoms with van der Waals surface area (Å²) in [5.74, 6) is -1.02. The molecule has 126 valence electrons. The molecular formula is C17H17FN2O3S. The van der Waals surface area contributed by atoms with Gasteiger partial charge in [-0.1, -0.05) is 18.2 Å². The Bertz CT molecular complexity index is 680. The lowest BCUT2D eigenvalue weighted by atomic mass is 10.4. The van der Waals surface area contributed by atoms with E-state index >= 15 is 0 Å². The van der Waals surface area contributed by atoms with Crippen molar-refractivity contribution in [1.29, 1.82) is 0 Å². The van der Waals surface area contributed by atoms with Crippen molar-refractivity contribution in [2.45, 2.75) is 11.8 Å². The van der Waals surface area contributed by atoms with Crippen molar-refractivity contribution in [3.63, 3.8) is 0 Å².